The lowest BCUT2D eigenvalue weighted by Gasteiger charge is -2.06. The van der Waals surface area contributed by atoms with Gasteiger partial charge in [0.15, 0.2) is 5.69 Å². The van der Waals surface area contributed by atoms with Crippen LogP contribution in [0, 0.1) is 11.3 Å². The molecule has 1 heterocycles. The van der Waals surface area contributed by atoms with Gasteiger partial charge >= 0.3 is 0 Å². The van der Waals surface area contributed by atoms with Crippen molar-refractivity contribution in [3.63, 3.8) is 0 Å². The number of hydrogen-bond acceptors (Lipinski definition) is 4. The summed E-state index contributed by atoms with van der Waals surface area (Å²) >= 11 is 0. The summed E-state index contributed by atoms with van der Waals surface area (Å²) in [4.78, 5) is 0. The fourth-order valence-electron chi connectivity index (χ4n) is 1.45. The lowest BCUT2D eigenvalue weighted by Crippen LogP contribution is -1.97. The van der Waals surface area contributed by atoms with Gasteiger partial charge in [0.2, 0.25) is 0 Å². The van der Waals surface area contributed by atoms with Crippen LogP contribution in [-0.2, 0) is 0 Å². The molecule has 90 valence electrons. The van der Waals surface area contributed by atoms with E-state index in [1.165, 1.54) is 0 Å². The molecule has 2 rings (SSSR count). The molecule has 0 fully saturated rings. The van der Waals surface area contributed by atoms with E-state index in [0.29, 0.717) is 18.1 Å². The van der Waals surface area contributed by atoms with E-state index in [9.17, 15) is 0 Å². The predicted octanol–water partition coefficient (Wildman–Crippen LogP) is 2.30. The third-order valence-corrected chi connectivity index (χ3v) is 2.25. The van der Waals surface area contributed by atoms with Gasteiger partial charge in [-0.25, -0.2) is 0 Å². The molecular formula is C13H12N4O. The van der Waals surface area contributed by atoms with E-state index < -0.39 is 0 Å². The fourth-order valence-corrected chi connectivity index (χ4v) is 1.45. The normalized spacial score (nSPS) is 9.78. The molecule has 0 bridgehead atoms. The zero-order chi connectivity index (χ0) is 13.0. The van der Waals surface area contributed by atoms with Gasteiger partial charge in [0.05, 0.1) is 0 Å². The minimum absolute atomic E-state index is 0.270. The van der Waals surface area contributed by atoms with E-state index in [1.54, 1.807) is 0 Å². The van der Waals surface area contributed by atoms with Gasteiger partial charge in [-0.05, 0) is 24.6 Å². The van der Waals surface area contributed by atoms with Gasteiger partial charge in [-0.1, -0.05) is 18.7 Å². The lowest BCUT2D eigenvalue weighted by molar-refractivity contribution is 0.353. The van der Waals surface area contributed by atoms with Crippen LogP contribution in [0.1, 0.15) is 12.6 Å². The van der Waals surface area contributed by atoms with Crippen molar-refractivity contribution in [3.05, 3.63) is 42.1 Å². The maximum Gasteiger partial charge on any atom is 0.190 e. The van der Waals surface area contributed by atoms with Crippen LogP contribution >= 0.6 is 0 Å². The zero-order valence-corrected chi connectivity index (χ0v) is 9.97. The molecule has 0 atom stereocenters. The Morgan fingerprint density at radius 1 is 1.50 bits per heavy atom. The van der Waals surface area contributed by atoms with Crippen molar-refractivity contribution in [2.75, 3.05) is 6.61 Å². The summed E-state index contributed by atoms with van der Waals surface area (Å²) in [7, 11) is 0. The van der Waals surface area contributed by atoms with Crippen LogP contribution in [0.4, 0.5) is 0 Å². The van der Waals surface area contributed by atoms with Crippen molar-refractivity contribution in [3.8, 4) is 23.1 Å². The highest BCUT2D eigenvalue weighted by Crippen LogP contribution is 2.23. The maximum atomic E-state index is 8.90. The van der Waals surface area contributed by atoms with Crippen LogP contribution in [0.2, 0.25) is 0 Å². The summed E-state index contributed by atoms with van der Waals surface area (Å²) in [6, 6.07) is 9.35. The number of aromatic nitrogens is 3. The standard InChI is InChI=1S/C13H12N4O/c1-9(2)8-18-11-5-3-4-10(6-11)13-12(7-14)15-17-16-13/h3-6H,1,8H2,2H3,(H,15,16,17). The molecule has 0 unspecified atom stereocenters. The summed E-state index contributed by atoms with van der Waals surface area (Å²) in [5.74, 6) is 0.711. The number of nitrogens with zero attached hydrogens (tertiary/aromatic N) is 3. The van der Waals surface area contributed by atoms with Crippen molar-refractivity contribution in [1.82, 2.24) is 15.4 Å². The second kappa shape index (κ2) is 5.15. The summed E-state index contributed by atoms with van der Waals surface area (Å²) in [6.45, 7) is 6.14. The Hall–Kier alpha value is -2.61. The number of ether oxygens (including phenoxy) is 1. The zero-order valence-electron chi connectivity index (χ0n) is 9.97. The molecule has 18 heavy (non-hydrogen) atoms. The smallest absolute Gasteiger partial charge is 0.190 e. The maximum absolute atomic E-state index is 8.90. The minimum atomic E-state index is 0.270. The number of nitrogens with one attached hydrogen (secondary N) is 1. The molecule has 5 nitrogen and oxygen atoms in total. The first-order valence-corrected chi connectivity index (χ1v) is 5.39. The molecule has 1 N–H and O–H groups in total. The average Bonchev–Trinajstić information content (AvgIpc) is 2.85. The van der Waals surface area contributed by atoms with Gasteiger partial charge in [0, 0.05) is 5.56 Å². The van der Waals surface area contributed by atoms with Crippen LogP contribution < -0.4 is 4.74 Å². The molecule has 0 aliphatic rings. The number of rotatable bonds is 4. The van der Waals surface area contributed by atoms with Gasteiger partial charge in [0.1, 0.15) is 24.1 Å². The quantitative estimate of drug-likeness (QED) is 0.832. The largest absolute Gasteiger partial charge is 0.489 e. The first-order chi connectivity index (χ1) is 8.70. The monoisotopic (exact) mass is 240 g/mol. The highest BCUT2D eigenvalue weighted by Gasteiger charge is 2.10. The van der Waals surface area contributed by atoms with Gasteiger partial charge in [-0.3, -0.25) is 0 Å². The number of aromatic amines is 1. The average molecular weight is 240 g/mol. The van der Waals surface area contributed by atoms with E-state index in [4.69, 9.17) is 10.00 Å². The van der Waals surface area contributed by atoms with Crippen molar-refractivity contribution < 1.29 is 4.74 Å². The molecule has 0 saturated heterocycles. The van der Waals surface area contributed by atoms with Crippen LogP contribution in [0.15, 0.2) is 36.4 Å². The van der Waals surface area contributed by atoms with Crippen molar-refractivity contribution in [2.45, 2.75) is 6.92 Å². The number of H-pyrrole nitrogens is 1. The van der Waals surface area contributed by atoms with Crippen LogP contribution in [-0.4, -0.2) is 22.0 Å². The molecule has 5 heteroatoms. The summed E-state index contributed by atoms with van der Waals surface area (Å²) in [6.07, 6.45) is 0. The van der Waals surface area contributed by atoms with Crippen molar-refractivity contribution >= 4 is 0 Å². The molecule has 0 radical (unpaired) electrons. The molecule has 0 aliphatic heterocycles. The van der Waals surface area contributed by atoms with Gasteiger partial charge in [-0.15, -0.1) is 5.10 Å². The highest BCUT2D eigenvalue weighted by atomic mass is 16.5. The molecule has 0 saturated carbocycles. The van der Waals surface area contributed by atoms with Crippen molar-refractivity contribution in [1.29, 1.82) is 5.26 Å². The minimum Gasteiger partial charge on any atom is -0.489 e. The first-order valence-electron chi connectivity index (χ1n) is 5.39. The number of benzene rings is 1. The molecule has 0 aliphatic carbocycles. The Morgan fingerprint density at radius 2 is 2.33 bits per heavy atom. The predicted molar refractivity (Wildman–Crippen MR) is 66.8 cm³/mol. The summed E-state index contributed by atoms with van der Waals surface area (Å²) in [5, 5.41) is 19.1. The Bertz CT molecular complexity index is 609. The fraction of sp³-hybridized carbons (Fsp3) is 0.154. The summed E-state index contributed by atoms with van der Waals surface area (Å²) < 4.78 is 5.54. The third-order valence-electron chi connectivity index (χ3n) is 2.25. The topological polar surface area (TPSA) is 74.6 Å². The Balaban J connectivity index is 2.27. The second-order valence-corrected chi connectivity index (χ2v) is 3.91. The lowest BCUT2D eigenvalue weighted by atomic mass is 10.1. The third kappa shape index (κ3) is 2.55. The van der Waals surface area contributed by atoms with E-state index in [2.05, 4.69) is 22.0 Å². The van der Waals surface area contributed by atoms with E-state index in [-0.39, 0.29) is 5.69 Å². The molecule has 0 spiro atoms. The Labute approximate surface area is 105 Å². The van der Waals surface area contributed by atoms with E-state index >= 15 is 0 Å². The van der Waals surface area contributed by atoms with Gasteiger partial charge in [0.25, 0.3) is 0 Å². The Morgan fingerprint density at radius 3 is 3.06 bits per heavy atom. The number of nitriles is 1. The van der Waals surface area contributed by atoms with E-state index in [0.717, 1.165) is 11.1 Å². The van der Waals surface area contributed by atoms with Crippen molar-refractivity contribution in [2.24, 2.45) is 0 Å². The highest BCUT2D eigenvalue weighted by molar-refractivity contribution is 5.65. The second-order valence-electron chi connectivity index (χ2n) is 3.91. The summed E-state index contributed by atoms with van der Waals surface area (Å²) in [5.41, 5.74) is 2.53. The molecule has 2 aromatic rings. The van der Waals surface area contributed by atoms with E-state index in [1.807, 2.05) is 37.3 Å². The van der Waals surface area contributed by atoms with Crippen LogP contribution in [0.3, 0.4) is 0 Å². The SMILES string of the molecule is C=C(C)COc1cccc(-c2n[nH]nc2C#N)c1. The molecular weight excluding hydrogens is 228 g/mol. The molecule has 0 amide bonds. The molecule has 1 aromatic heterocycles. The first kappa shape index (κ1) is 11.9. The van der Waals surface area contributed by atoms with Gasteiger partial charge < -0.3 is 4.74 Å². The Kier molecular flexibility index (Phi) is 3.39. The van der Waals surface area contributed by atoms with Crippen LogP contribution in [0.5, 0.6) is 5.75 Å². The van der Waals surface area contributed by atoms with Gasteiger partial charge in [-0.2, -0.15) is 15.6 Å². The van der Waals surface area contributed by atoms with Crippen LogP contribution in [0.25, 0.3) is 11.3 Å². The molecule has 1 aromatic carbocycles. The number of hydrogen-bond donors (Lipinski definition) is 1.